The second-order valence-electron chi connectivity index (χ2n) is 6.06. The van der Waals surface area contributed by atoms with Crippen LogP contribution in [0, 0.1) is 0 Å². The standard InChI is InChI=1S/C17H18N6O/c18-14(10-3-5-11(6-4-10)23-7-1-2-8-23)12-9-20-15-13(12)16(24)22-17(19)21-15/h3-6,9,14H,1-2,7-8,18H2,(H2,19,22,24). The van der Waals surface area contributed by atoms with Crippen LogP contribution in [-0.2, 0) is 4.79 Å². The van der Waals surface area contributed by atoms with Crippen molar-refractivity contribution in [3.05, 3.63) is 41.0 Å². The van der Waals surface area contributed by atoms with Crippen LogP contribution in [0.25, 0.3) is 0 Å². The molecule has 4 rings (SSSR count). The molecule has 3 heterocycles. The summed E-state index contributed by atoms with van der Waals surface area (Å²) in [6.45, 7) is 2.20. The van der Waals surface area contributed by atoms with Crippen molar-refractivity contribution in [1.29, 1.82) is 0 Å². The summed E-state index contributed by atoms with van der Waals surface area (Å²) in [7, 11) is 0. The van der Waals surface area contributed by atoms with Gasteiger partial charge in [-0.2, -0.15) is 9.98 Å². The summed E-state index contributed by atoms with van der Waals surface area (Å²) in [5.74, 6) is -0.207. The maximum Gasteiger partial charge on any atom is 0.284 e. The molecule has 1 fully saturated rings. The number of hydrogen-bond acceptors (Lipinski definition) is 6. The molecule has 1 amide bonds. The van der Waals surface area contributed by atoms with Gasteiger partial charge in [0.05, 0.1) is 11.6 Å². The number of anilines is 1. The number of hydrogen-bond donors (Lipinski definition) is 2. The van der Waals surface area contributed by atoms with E-state index in [4.69, 9.17) is 11.5 Å². The van der Waals surface area contributed by atoms with E-state index in [9.17, 15) is 4.79 Å². The van der Waals surface area contributed by atoms with Gasteiger partial charge in [0.25, 0.3) is 5.91 Å². The molecule has 7 nitrogen and oxygen atoms in total. The molecule has 0 saturated carbocycles. The Hall–Kier alpha value is -2.80. The summed E-state index contributed by atoms with van der Waals surface area (Å²) in [6, 6.07) is 7.69. The molecule has 0 radical (unpaired) electrons. The molecule has 24 heavy (non-hydrogen) atoms. The fraction of sp³-hybridized carbons (Fsp3) is 0.294. The van der Waals surface area contributed by atoms with Crippen molar-refractivity contribution in [2.45, 2.75) is 18.9 Å². The van der Waals surface area contributed by atoms with Crippen LogP contribution in [0.3, 0.4) is 0 Å². The van der Waals surface area contributed by atoms with Crippen LogP contribution < -0.4 is 16.4 Å². The van der Waals surface area contributed by atoms with Crippen LogP contribution in [0.2, 0.25) is 0 Å². The molecule has 1 aromatic carbocycles. The molecule has 0 aliphatic carbocycles. The molecule has 7 heteroatoms. The lowest BCUT2D eigenvalue weighted by atomic mass is 9.96. The summed E-state index contributed by atoms with van der Waals surface area (Å²) in [6.07, 6.45) is 4.06. The zero-order valence-electron chi connectivity index (χ0n) is 13.1. The van der Waals surface area contributed by atoms with Gasteiger partial charge < -0.3 is 16.4 Å². The van der Waals surface area contributed by atoms with Crippen LogP contribution in [-0.4, -0.2) is 37.0 Å². The van der Waals surface area contributed by atoms with Gasteiger partial charge >= 0.3 is 0 Å². The number of carbonyl (C=O) groups is 1. The van der Waals surface area contributed by atoms with Crippen molar-refractivity contribution in [2.75, 3.05) is 18.0 Å². The fourth-order valence-electron chi connectivity index (χ4n) is 3.27. The number of aliphatic imine (C=N–C) groups is 3. The lowest BCUT2D eigenvalue weighted by Crippen LogP contribution is -2.24. The third kappa shape index (κ3) is 2.43. The number of nitrogens with two attached hydrogens (primary N) is 2. The third-order valence-electron chi connectivity index (χ3n) is 4.55. The summed E-state index contributed by atoms with van der Waals surface area (Å²) < 4.78 is 0. The Kier molecular flexibility index (Phi) is 3.50. The Morgan fingerprint density at radius 2 is 1.79 bits per heavy atom. The van der Waals surface area contributed by atoms with Gasteiger partial charge in [0.2, 0.25) is 5.96 Å². The maximum atomic E-state index is 12.1. The molecule has 122 valence electrons. The van der Waals surface area contributed by atoms with Crippen molar-refractivity contribution in [2.24, 2.45) is 26.4 Å². The second kappa shape index (κ2) is 5.68. The Bertz CT molecular complexity index is 812. The van der Waals surface area contributed by atoms with E-state index in [0.717, 1.165) is 18.7 Å². The van der Waals surface area contributed by atoms with E-state index in [1.807, 2.05) is 12.1 Å². The quantitative estimate of drug-likeness (QED) is 0.862. The maximum absolute atomic E-state index is 12.1. The Morgan fingerprint density at radius 1 is 1.08 bits per heavy atom. The van der Waals surface area contributed by atoms with Crippen LogP contribution in [0.5, 0.6) is 0 Å². The van der Waals surface area contributed by atoms with Gasteiger partial charge in [0.1, 0.15) is 0 Å². The summed E-state index contributed by atoms with van der Waals surface area (Å²) >= 11 is 0. The highest BCUT2D eigenvalue weighted by atomic mass is 16.1. The molecule has 1 unspecified atom stereocenters. The predicted molar refractivity (Wildman–Crippen MR) is 94.4 cm³/mol. The first-order valence-electron chi connectivity index (χ1n) is 8.00. The van der Waals surface area contributed by atoms with Gasteiger partial charge in [0.15, 0.2) is 5.84 Å². The molecular formula is C17H18N6O. The van der Waals surface area contributed by atoms with E-state index in [2.05, 4.69) is 32.0 Å². The van der Waals surface area contributed by atoms with E-state index < -0.39 is 11.9 Å². The minimum absolute atomic E-state index is 0.0688. The number of amides is 1. The Balaban J connectivity index is 1.62. The van der Waals surface area contributed by atoms with Gasteiger partial charge in [-0.15, -0.1) is 0 Å². The number of nitrogens with zero attached hydrogens (tertiary/aromatic N) is 4. The lowest BCUT2D eigenvalue weighted by Gasteiger charge is -2.19. The van der Waals surface area contributed by atoms with Crippen molar-refractivity contribution in [3.8, 4) is 0 Å². The first-order chi connectivity index (χ1) is 11.6. The third-order valence-corrected chi connectivity index (χ3v) is 4.55. The molecule has 1 atom stereocenters. The van der Waals surface area contributed by atoms with Crippen LogP contribution in [0.1, 0.15) is 24.4 Å². The molecule has 3 aliphatic heterocycles. The number of fused-ring (bicyclic) bond motifs is 1. The average Bonchev–Trinajstić information content (AvgIpc) is 3.24. The van der Waals surface area contributed by atoms with Crippen molar-refractivity contribution in [1.82, 2.24) is 0 Å². The SMILES string of the molecule is NC1=NC(=O)C2=C(C(N)c3ccc(N4CCCC4)cc3)C=NC2=N1. The number of carbonyl (C=O) groups excluding carboxylic acids is 1. The average molecular weight is 322 g/mol. The summed E-state index contributed by atoms with van der Waals surface area (Å²) in [5, 5.41) is 0. The highest BCUT2D eigenvalue weighted by Gasteiger charge is 2.31. The zero-order valence-corrected chi connectivity index (χ0v) is 13.1. The van der Waals surface area contributed by atoms with Gasteiger partial charge in [-0.1, -0.05) is 12.1 Å². The van der Waals surface area contributed by atoms with Crippen LogP contribution in [0.4, 0.5) is 5.69 Å². The van der Waals surface area contributed by atoms with Gasteiger partial charge in [-0.25, -0.2) is 4.99 Å². The molecule has 0 bridgehead atoms. The van der Waals surface area contributed by atoms with E-state index in [-0.39, 0.29) is 5.96 Å². The second-order valence-corrected chi connectivity index (χ2v) is 6.06. The van der Waals surface area contributed by atoms with Gasteiger partial charge in [-0.05, 0) is 30.5 Å². The van der Waals surface area contributed by atoms with E-state index >= 15 is 0 Å². The summed E-state index contributed by atoms with van der Waals surface area (Å²) in [4.78, 5) is 26.3. The molecule has 1 aromatic rings. The molecule has 3 aliphatic rings. The predicted octanol–water partition coefficient (Wildman–Crippen LogP) is 0.921. The first-order valence-corrected chi connectivity index (χ1v) is 8.00. The number of benzene rings is 1. The number of rotatable bonds is 3. The molecule has 0 spiro atoms. The smallest absolute Gasteiger partial charge is 0.284 e. The Labute approximate surface area is 139 Å². The van der Waals surface area contributed by atoms with Gasteiger partial charge in [-0.3, -0.25) is 4.79 Å². The highest BCUT2D eigenvalue weighted by Crippen LogP contribution is 2.29. The highest BCUT2D eigenvalue weighted by molar-refractivity contribution is 6.34. The largest absolute Gasteiger partial charge is 0.372 e. The molecule has 0 aromatic heterocycles. The minimum atomic E-state index is -0.456. The molecular weight excluding hydrogens is 304 g/mol. The number of amidine groups is 1. The van der Waals surface area contributed by atoms with Gasteiger partial charge in [0, 0.05) is 30.6 Å². The van der Waals surface area contributed by atoms with Crippen molar-refractivity contribution >= 4 is 29.6 Å². The normalized spacial score (nSPS) is 21.0. The Morgan fingerprint density at radius 3 is 2.50 bits per heavy atom. The van der Waals surface area contributed by atoms with Crippen molar-refractivity contribution < 1.29 is 4.79 Å². The van der Waals surface area contributed by atoms with Crippen LogP contribution in [0.15, 0.2) is 50.4 Å². The van der Waals surface area contributed by atoms with Crippen LogP contribution >= 0.6 is 0 Å². The monoisotopic (exact) mass is 322 g/mol. The minimum Gasteiger partial charge on any atom is -0.372 e. The first kappa shape index (κ1) is 14.8. The van der Waals surface area contributed by atoms with E-state index in [1.165, 1.54) is 18.5 Å². The number of guanidine groups is 1. The van der Waals surface area contributed by atoms with E-state index in [0.29, 0.717) is 17.0 Å². The molecule has 1 saturated heterocycles. The van der Waals surface area contributed by atoms with E-state index in [1.54, 1.807) is 6.21 Å². The topological polar surface area (TPSA) is 109 Å². The fourth-order valence-corrected chi connectivity index (χ4v) is 3.27. The zero-order chi connectivity index (χ0) is 16.7. The molecule has 4 N–H and O–H groups in total. The summed E-state index contributed by atoms with van der Waals surface area (Å²) in [5.41, 5.74) is 15.0. The van der Waals surface area contributed by atoms with Crippen molar-refractivity contribution in [3.63, 3.8) is 0 Å². The lowest BCUT2D eigenvalue weighted by molar-refractivity contribution is -0.114.